The molecule has 3 nitrogen and oxygen atoms in total. The zero-order valence-corrected chi connectivity index (χ0v) is 11.9. The third-order valence-corrected chi connectivity index (χ3v) is 2.82. The number of nitrogens with zero attached hydrogens (tertiary/aromatic N) is 1. The van der Waals surface area contributed by atoms with Crippen molar-refractivity contribution in [1.29, 1.82) is 0 Å². The molecule has 1 aromatic carbocycles. The van der Waals surface area contributed by atoms with Crippen molar-refractivity contribution in [3.05, 3.63) is 23.8 Å². The van der Waals surface area contributed by atoms with Gasteiger partial charge in [0.15, 0.2) is 0 Å². The van der Waals surface area contributed by atoms with Crippen LogP contribution in [0, 0.1) is 6.92 Å². The summed E-state index contributed by atoms with van der Waals surface area (Å²) >= 11 is 0. The normalized spacial score (nSPS) is 10.4. The van der Waals surface area contributed by atoms with Gasteiger partial charge in [0, 0.05) is 54.9 Å². The van der Waals surface area contributed by atoms with Crippen molar-refractivity contribution in [2.75, 3.05) is 19.0 Å². The monoisotopic (exact) mass is 221 g/mol. The van der Waals surface area contributed by atoms with Crippen LogP contribution in [0.4, 0.5) is 5.69 Å². The fraction of sp³-hybridized carbons (Fsp3) is 0.333. The van der Waals surface area contributed by atoms with Crippen LogP contribution in [-0.4, -0.2) is 48.5 Å². The van der Waals surface area contributed by atoms with Gasteiger partial charge in [0.25, 0.3) is 0 Å². The summed E-state index contributed by atoms with van der Waals surface area (Å²) in [4.78, 5) is 10.9. The summed E-state index contributed by atoms with van der Waals surface area (Å²) in [6, 6.07) is 5.44. The number of hydrogen-bond acceptors (Lipinski definition) is 2. The van der Waals surface area contributed by atoms with Crippen LogP contribution in [-0.2, 0) is 4.57 Å². The molecule has 1 unspecified atom stereocenters. The van der Waals surface area contributed by atoms with Crippen molar-refractivity contribution in [3.8, 4) is 0 Å². The van der Waals surface area contributed by atoms with Crippen molar-refractivity contribution in [1.82, 2.24) is 0 Å². The van der Waals surface area contributed by atoms with Crippen LogP contribution >= 0.6 is 8.03 Å². The zero-order valence-electron chi connectivity index (χ0n) is 8.98. The summed E-state index contributed by atoms with van der Waals surface area (Å²) < 4.78 is 10.8. The number of anilines is 1. The van der Waals surface area contributed by atoms with E-state index in [0.717, 1.165) is 11.3 Å². The Morgan fingerprint density at radius 2 is 1.93 bits per heavy atom. The van der Waals surface area contributed by atoms with Gasteiger partial charge < -0.3 is 4.90 Å². The number of benzene rings is 1. The first-order chi connectivity index (χ1) is 6.02. The second kappa shape index (κ2) is 5.84. The molecule has 1 N–H and O–H groups in total. The van der Waals surface area contributed by atoms with E-state index >= 15 is 0 Å². The Kier molecular flexibility index (Phi) is 5.87. The van der Waals surface area contributed by atoms with Gasteiger partial charge in [-0.3, -0.25) is 0 Å². The minimum atomic E-state index is -2.22. The molecule has 0 aliphatic carbocycles. The van der Waals surface area contributed by atoms with Crippen LogP contribution < -0.4 is 10.2 Å². The molecule has 0 spiro atoms. The summed E-state index contributed by atoms with van der Waals surface area (Å²) in [6.07, 6.45) is 0. The first-order valence-corrected chi connectivity index (χ1v) is 5.17. The molecule has 0 saturated carbocycles. The minimum Gasteiger partial charge on any atom is -0.378 e. The van der Waals surface area contributed by atoms with E-state index in [1.165, 1.54) is 0 Å². The zero-order chi connectivity index (χ0) is 10.0. The molecule has 1 aromatic rings. The summed E-state index contributed by atoms with van der Waals surface area (Å²) in [5, 5.41) is 0.514. The van der Waals surface area contributed by atoms with Gasteiger partial charge in [-0.25, -0.2) is 0 Å². The molecule has 71 valence electrons. The maximum absolute atomic E-state index is 10.8. The molecular weight excluding hydrogens is 208 g/mol. The van der Waals surface area contributed by atoms with Crippen LogP contribution in [0.25, 0.3) is 0 Å². The molecule has 1 rings (SSSR count). The van der Waals surface area contributed by atoms with E-state index in [1.807, 2.05) is 38.1 Å². The minimum absolute atomic E-state index is 0. The summed E-state index contributed by atoms with van der Waals surface area (Å²) in [6.45, 7) is 1.84. The van der Waals surface area contributed by atoms with Gasteiger partial charge in [-0.1, -0.05) is 0 Å². The van der Waals surface area contributed by atoms with E-state index in [0.29, 0.717) is 5.30 Å². The standard InChI is InChI=1S/C9H12NO2P.Na/c1-7-6-8(10(2)3)4-5-9(7)13(11)12;/h4-6H,1-3H3;/p+1. The van der Waals surface area contributed by atoms with E-state index in [2.05, 4.69) is 0 Å². The van der Waals surface area contributed by atoms with E-state index in [1.54, 1.807) is 6.07 Å². The van der Waals surface area contributed by atoms with E-state index < -0.39 is 8.03 Å². The Hall–Kier alpha value is 0.0800. The molecule has 0 heterocycles. The fourth-order valence-corrected chi connectivity index (χ4v) is 1.70. The smallest absolute Gasteiger partial charge is 0.378 e. The van der Waals surface area contributed by atoms with Crippen LogP contribution in [0.3, 0.4) is 0 Å². The van der Waals surface area contributed by atoms with Crippen LogP contribution in [0.15, 0.2) is 18.2 Å². The SMILES string of the molecule is Cc1cc(N(C)C)ccc1[P+](=O)O.[Na]. The third-order valence-electron chi connectivity index (χ3n) is 1.90. The number of aryl methyl sites for hydroxylation is 1. The number of rotatable bonds is 2. The topological polar surface area (TPSA) is 40.5 Å². The van der Waals surface area contributed by atoms with Crippen molar-refractivity contribution in [3.63, 3.8) is 0 Å². The van der Waals surface area contributed by atoms with E-state index in [4.69, 9.17) is 4.89 Å². The second-order valence-electron chi connectivity index (χ2n) is 3.14. The van der Waals surface area contributed by atoms with Crippen LogP contribution in [0.5, 0.6) is 0 Å². The van der Waals surface area contributed by atoms with Gasteiger partial charge in [-0.2, -0.15) is 4.89 Å². The third kappa shape index (κ3) is 3.34. The average Bonchev–Trinajstić information content (AvgIpc) is 2.03. The molecule has 0 bridgehead atoms. The Morgan fingerprint density at radius 1 is 1.36 bits per heavy atom. The molecular formula is C9H13NNaO2P+. The Balaban J connectivity index is 0.00000169. The van der Waals surface area contributed by atoms with E-state index in [9.17, 15) is 4.57 Å². The summed E-state index contributed by atoms with van der Waals surface area (Å²) in [7, 11) is 1.66. The summed E-state index contributed by atoms with van der Waals surface area (Å²) in [5.74, 6) is 0. The average molecular weight is 221 g/mol. The maximum Gasteiger partial charge on any atom is 0.546 e. The molecule has 0 aromatic heterocycles. The largest absolute Gasteiger partial charge is 0.546 e. The van der Waals surface area contributed by atoms with Gasteiger partial charge >= 0.3 is 8.03 Å². The molecule has 0 fully saturated rings. The van der Waals surface area contributed by atoms with Gasteiger partial charge in [0.2, 0.25) is 5.30 Å². The quantitative estimate of drug-likeness (QED) is 0.599. The Labute approximate surface area is 107 Å². The molecule has 0 aliphatic heterocycles. The fourth-order valence-electron chi connectivity index (χ4n) is 1.13. The van der Waals surface area contributed by atoms with Gasteiger partial charge in [-0.05, 0) is 29.7 Å². The van der Waals surface area contributed by atoms with Gasteiger partial charge in [-0.15, -0.1) is 0 Å². The first-order valence-electron chi connectivity index (χ1n) is 3.96. The maximum atomic E-state index is 10.8. The first kappa shape index (κ1) is 14.1. The Bertz CT molecular complexity index is 342. The van der Waals surface area contributed by atoms with Gasteiger partial charge in [0.1, 0.15) is 0 Å². The molecule has 0 aliphatic rings. The second-order valence-corrected chi connectivity index (χ2v) is 4.17. The molecule has 1 radical (unpaired) electrons. The predicted molar refractivity (Wildman–Crippen MR) is 60.7 cm³/mol. The molecule has 5 heteroatoms. The van der Waals surface area contributed by atoms with E-state index in [-0.39, 0.29) is 29.6 Å². The van der Waals surface area contributed by atoms with Crippen LogP contribution in [0.1, 0.15) is 5.56 Å². The molecule has 14 heavy (non-hydrogen) atoms. The molecule has 0 saturated heterocycles. The van der Waals surface area contributed by atoms with Crippen LogP contribution in [0.2, 0.25) is 0 Å². The molecule has 0 amide bonds. The van der Waals surface area contributed by atoms with Crippen molar-refractivity contribution < 1.29 is 9.46 Å². The van der Waals surface area contributed by atoms with Crippen molar-refractivity contribution in [2.45, 2.75) is 6.92 Å². The number of hydrogen-bond donors (Lipinski definition) is 1. The summed E-state index contributed by atoms with van der Waals surface area (Å²) in [5.41, 5.74) is 1.90. The van der Waals surface area contributed by atoms with Gasteiger partial charge in [0.05, 0.1) is 0 Å². The Morgan fingerprint density at radius 3 is 2.29 bits per heavy atom. The van der Waals surface area contributed by atoms with Crippen molar-refractivity contribution in [2.24, 2.45) is 0 Å². The predicted octanol–water partition coefficient (Wildman–Crippen LogP) is 1.04. The molecule has 1 atom stereocenters. The van der Waals surface area contributed by atoms with Crippen molar-refractivity contribution >= 4 is 48.6 Å².